The maximum Gasteiger partial charge on any atom is 0.00287 e. The van der Waals surface area contributed by atoms with E-state index in [1.807, 2.05) is 0 Å². The van der Waals surface area contributed by atoms with Crippen LogP contribution < -0.4 is 5.32 Å². The van der Waals surface area contributed by atoms with Gasteiger partial charge < -0.3 is 5.32 Å². The number of hydrogen-bond acceptors (Lipinski definition) is 2. The fourth-order valence-electron chi connectivity index (χ4n) is 3.66. The van der Waals surface area contributed by atoms with Gasteiger partial charge in [0.15, 0.2) is 0 Å². The van der Waals surface area contributed by atoms with Gasteiger partial charge in [-0.15, -0.1) is 0 Å². The lowest BCUT2D eigenvalue weighted by atomic mass is 9.67. The van der Waals surface area contributed by atoms with Gasteiger partial charge in [0.25, 0.3) is 0 Å². The lowest BCUT2D eigenvalue weighted by Crippen LogP contribution is -2.44. The summed E-state index contributed by atoms with van der Waals surface area (Å²) in [6.07, 6.45) is 2.75. The summed E-state index contributed by atoms with van der Waals surface area (Å²) in [5.74, 6) is 2.07. The summed E-state index contributed by atoms with van der Waals surface area (Å²) in [4.78, 5) is 0. The van der Waals surface area contributed by atoms with Crippen LogP contribution in [0, 0.1) is 12.3 Å². The second-order valence-electron chi connectivity index (χ2n) is 6.11. The Labute approximate surface area is 115 Å². The molecule has 98 valence electrons. The minimum absolute atomic E-state index is 0.560. The van der Waals surface area contributed by atoms with Crippen LogP contribution in [0.4, 0.5) is 0 Å². The summed E-state index contributed by atoms with van der Waals surface area (Å²) >= 11 is 2.18. The number of hydrogen-bond donors (Lipinski definition) is 1. The Morgan fingerprint density at radius 3 is 2.72 bits per heavy atom. The highest BCUT2D eigenvalue weighted by molar-refractivity contribution is 8.00. The maximum absolute atomic E-state index is 3.60. The summed E-state index contributed by atoms with van der Waals surface area (Å²) < 4.78 is 0. The quantitative estimate of drug-likeness (QED) is 0.829. The first-order chi connectivity index (χ1) is 8.70. The summed E-state index contributed by atoms with van der Waals surface area (Å²) in [7, 11) is 0. The number of thioether (sulfide) groups is 1. The van der Waals surface area contributed by atoms with Crippen LogP contribution in [-0.4, -0.2) is 24.1 Å². The third-order valence-electron chi connectivity index (χ3n) is 4.72. The van der Waals surface area contributed by atoms with Gasteiger partial charge in [0, 0.05) is 17.7 Å². The fourth-order valence-corrected chi connectivity index (χ4v) is 5.19. The number of benzene rings is 1. The van der Waals surface area contributed by atoms with Gasteiger partial charge >= 0.3 is 0 Å². The van der Waals surface area contributed by atoms with Crippen molar-refractivity contribution in [3.05, 3.63) is 35.4 Å². The zero-order chi connectivity index (χ0) is 12.6. The van der Waals surface area contributed by atoms with Crippen LogP contribution in [0.15, 0.2) is 24.3 Å². The van der Waals surface area contributed by atoms with E-state index in [1.54, 1.807) is 5.56 Å². The highest BCUT2D eigenvalue weighted by Crippen LogP contribution is 2.53. The summed E-state index contributed by atoms with van der Waals surface area (Å²) in [5, 5.41) is 4.45. The highest BCUT2D eigenvalue weighted by Gasteiger charge is 2.45. The van der Waals surface area contributed by atoms with Crippen molar-refractivity contribution in [3.63, 3.8) is 0 Å². The van der Waals surface area contributed by atoms with Gasteiger partial charge in [-0.3, -0.25) is 0 Å². The van der Waals surface area contributed by atoms with Gasteiger partial charge in [-0.2, -0.15) is 11.8 Å². The molecule has 3 unspecified atom stereocenters. The molecule has 2 aliphatic heterocycles. The van der Waals surface area contributed by atoms with Crippen molar-refractivity contribution in [1.82, 2.24) is 5.32 Å². The SMILES string of the molecule is Cc1ccc(C2CNCCC23CSC(C)C3)cc1. The standard InChI is InChI=1S/C16H23NS/c1-12-3-5-14(6-4-12)15-10-17-8-7-16(15)9-13(2)18-11-16/h3-6,13,15,17H,7-11H2,1-2H3. The molecule has 1 aromatic carbocycles. The van der Waals surface area contributed by atoms with E-state index in [1.165, 1.54) is 30.7 Å². The second kappa shape index (κ2) is 4.90. The van der Waals surface area contributed by atoms with E-state index in [2.05, 4.69) is 55.2 Å². The van der Waals surface area contributed by atoms with Gasteiger partial charge in [0.1, 0.15) is 0 Å². The predicted molar refractivity (Wildman–Crippen MR) is 80.4 cm³/mol. The zero-order valence-electron chi connectivity index (χ0n) is 11.4. The van der Waals surface area contributed by atoms with Crippen molar-refractivity contribution >= 4 is 11.8 Å². The zero-order valence-corrected chi connectivity index (χ0v) is 12.2. The van der Waals surface area contributed by atoms with Crippen molar-refractivity contribution in [2.24, 2.45) is 5.41 Å². The van der Waals surface area contributed by atoms with Crippen molar-refractivity contribution in [1.29, 1.82) is 0 Å². The van der Waals surface area contributed by atoms with E-state index < -0.39 is 0 Å². The number of piperidine rings is 1. The Bertz CT molecular complexity index is 410. The molecule has 18 heavy (non-hydrogen) atoms. The highest BCUT2D eigenvalue weighted by atomic mass is 32.2. The van der Waals surface area contributed by atoms with Crippen LogP contribution in [0.5, 0.6) is 0 Å². The van der Waals surface area contributed by atoms with Gasteiger partial charge in [0.05, 0.1) is 0 Å². The first-order valence-electron chi connectivity index (χ1n) is 7.08. The third kappa shape index (κ3) is 2.21. The van der Waals surface area contributed by atoms with Crippen LogP contribution in [0.2, 0.25) is 0 Å². The molecule has 2 saturated heterocycles. The Morgan fingerprint density at radius 1 is 1.28 bits per heavy atom. The van der Waals surface area contributed by atoms with E-state index >= 15 is 0 Å². The Morgan fingerprint density at radius 2 is 2.06 bits per heavy atom. The molecule has 1 aromatic rings. The van der Waals surface area contributed by atoms with Crippen LogP contribution in [-0.2, 0) is 0 Å². The minimum Gasteiger partial charge on any atom is -0.316 e. The van der Waals surface area contributed by atoms with Crippen molar-refractivity contribution in [2.45, 2.75) is 37.9 Å². The molecule has 2 fully saturated rings. The lowest BCUT2D eigenvalue weighted by molar-refractivity contribution is 0.189. The molecule has 3 atom stereocenters. The summed E-state index contributed by atoms with van der Waals surface area (Å²) in [5.41, 5.74) is 3.47. The van der Waals surface area contributed by atoms with E-state index in [-0.39, 0.29) is 0 Å². The largest absolute Gasteiger partial charge is 0.316 e. The molecule has 0 aliphatic carbocycles. The van der Waals surface area contributed by atoms with Crippen molar-refractivity contribution in [2.75, 3.05) is 18.8 Å². The molecular formula is C16H23NS. The van der Waals surface area contributed by atoms with Crippen molar-refractivity contribution < 1.29 is 0 Å². The van der Waals surface area contributed by atoms with Crippen LogP contribution in [0.3, 0.4) is 0 Å². The molecule has 0 amide bonds. The average Bonchev–Trinajstić information content (AvgIpc) is 2.73. The Hall–Kier alpha value is -0.470. The van der Waals surface area contributed by atoms with Gasteiger partial charge in [0.2, 0.25) is 0 Å². The van der Waals surface area contributed by atoms with E-state index in [0.717, 1.165) is 11.8 Å². The predicted octanol–water partition coefficient (Wildman–Crippen LogP) is 3.58. The first kappa shape index (κ1) is 12.6. The number of rotatable bonds is 1. The molecule has 1 nitrogen and oxygen atoms in total. The van der Waals surface area contributed by atoms with E-state index in [4.69, 9.17) is 0 Å². The normalized spacial score (nSPS) is 36.1. The molecule has 3 rings (SSSR count). The summed E-state index contributed by atoms with van der Waals surface area (Å²) in [6, 6.07) is 9.23. The summed E-state index contributed by atoms with van der Waals surface area (Å²) in [6.45, 7) is 6.94. The minimum atomic E-state index is 0.560. The second-order valence-corrected chi connectivity index (χ2v) is 7.53. The topological polar surface area (TPSA) is 12.0 Å². The molecule has 2 aliphatic rings. The monoisotopic (exact) mass is 261 g/mol. The Kier molecular flexibility index (Phi) is 3.42. The maximum atomic E-state index is 3.60. The molecule has 0 radical (unpaired) electrons. The molecular weight excluding hydrogens is 238 g/mol. The van der Waals surface area contributed by atoms with Crippen LogP contribution in [0.1, 0.15) is 36.8 Å². The van der Waals surface area contributed by atoms with Gasteiger partial charge in [-0.25, -0.2) is 0 Å². The molecule has 0 saturated carbocycles. The molecule has 0 bridgehead atoms. The van der Waals surface area contributed by atoms with E-state index in [0.29, 0.717) is 11.3 Å². The fraction of sp³-hybridized carbons (Fsp3) is 0.625. The van der Waals surface area contributed by atoms with Gasteiger partial charge in [-0.1, -0.05) is 36.8 Å². The van der Waals surface area contributed by atoms with Gasteiger partial charge in [-0.05, 0) is 43.0 Å². The third-order valence-corrected chi connectivity index (χ3v) is 6.19. The molecule has 1 spiro atoms. The molecule has 0 aromatic heterocycles. The smallest absolute Gasteiger partial charge is 0.00287 e. The molecule has 2 heterocycles. The lowest BCUT2D eigenvalue weighted by Gasteiger charge is -2.42. The average molecular weight is 261 g/mol. The number of nitrogens with one attached hydrogen (secondary N) is 1. The van der Waals surface area contributed by atoms with Crippen LogP contribution >= 0.6 is 11.8 Å². The van der Waals surface area contributed by atoms with E-state index in [9.17, 15) is 0 Å². The van der Waals surface area contributed by atoms with Crippen molar-refractivity contribution in [3.8, 4) is 0 Å². The molecule has 1 N–H and O–H groups in total. The van der Waals surface area contributed by atoms with Crippen LogP contribution in [0.25, 0.3) is 0 Å². The Balaban J connectivity index is 1.90. The first-order valence-corrected chi connectivity index (χ1v) is 8.13. The molecule has 2 heteroatoms. The number of aryl methyl sites for hydroxylation is 1.